The van der Waals surface area contributed by atoms with Crippen LogP contribution in [0.15, 0.2) is 91.5 Å². The molecule has 12 nitrogen and oxygen atoms in total. The van der Waals surface area contributed by atoms with Gasteiger partial charge in [-0.15, -0.1) is 0 Å². The summed E-state index contributed by atoms with van der Waals surface area (Å²) in [5.41, 5.74) is 2.62. The Hall–Kier alpha value is -5.26. The monoisotopic (exact) mass is 725 g/mol. The van der Waals surface area contributed by atoms with E-state index in [0.717, 1.165) is 21.7 Å². The van der Waals surface area contributed by atoms with Crippen molar-refractivity contribution in [1.29, 1.82) is 5.26 Å². The van der Waals surface area contributed by atoms with Crippen molar-refractivity contribution >= 4 is 69.8 Å². The van der Waals surface area contributed by atoms with Gasteiger partial charge in [-0.3, -0.25) is 20.3 Å². The van der Waals surface area contributed by atoms with Crippen LogP contribution < -0.4 is 15.5 Å². The summed E-state index contributed by atoms with van der Waals surface area (Å²) in [6.45, 7) is 12.6. The van der Waals surface area contributed by atoms with Crippen LogP contribution in [0.3, 0.4) is 0 Å². The standard InChI is InChI=1S/C37H39N7O5S2/c1-22-14-15-24(20-38)18-26(22)40-33-44(21-23-12-10-9-11-13-23)30(45)29(51-33)31-43(8)27-17-16-25(19-28(27)50-31)39-32(41-34(46)48-36(2,3)4)42-35(47)49-37(5,6)7/h9-19H,21H2,1-8H3,(H2,39,41,42,46,47). The second kappa shape index (κ2) is 14.9. The lowest BCUT2D eigenvalue weighted by molar-refractivity contribution is -0.122. The zero-order chi connectivity index (χ0) is 37.1. The number of nitrogens with one attached hydrogen (secondary N) is 2. The van der Waals surface area contributed by atoms with Gasteiger partial charge in [-0.2, -0.15) is 5.26 Å². The molecule has 2 heterocycles. The van der Waals surface area contributed by atoms with E-state index in [1.165, 1.54) is 23.5 Å². The zero-order valence-corrected chi connectivity index (χ0v) is 31.3. The third-order valence-electron chi connectivity index (χ3n) is 7.09. The van der Waals surface area contributed by atoms with Crippen LogP contribution in [-0.4, -0.2) is 52.4 Å². The van der Waals surface area contributed by atoms with Crippen LogP contribution in [0.2, 0.25) is 0 Å². The van der Waals surface area contributed by atoms with Crippen LogP contribution in [0, 0.1) is 18.3 Å². The molecular formula is C37H39N7O5S2. The molecule has 1 saturated heterocycles. The van der Waals surface area contributed by atoms with Crippen molar-refractivity contribution < 1.29 is 23.9 Å². The molecule has 0 bridgehead atoms. The lowest BCUT2D eigenvalue weighted by Crippen LogP contribution is -2.47. The van der Waals surface area contributed by atoms with E-state index < -0.39 is 23.4 Å². The third kappa shape index (κ3) is 9.50. The van der Waals surface area contributed by atoms with Crippen molar-refractivity contribution in [2.24, 2.45) is 9.98 Å². The van der Waals surface area contributed by atoms with Gasteiger partial charge in [0.05, 0.1) is 40.3 Å². The number of thioether (sulfide) groups is 2. The maximum absolute atomic E-state index is 14.2. The van der Waals surface area contributed by atoms with Gasteiger partial charge in [0.25, 0.3) is 5.91 Å². The number of aryl methyl sites for hydroxylation is 1. The average Bonchev–Trinajstić information content (AvgIpc) is 3.51. The number of nitrogens with zero attached hydrogens (tertiary/aromatic N) is 5. The number of nitriles is 1. The van der Waals surface area contributed by atoms with Crippen molar-refractivity contribution in [2.75, 3.05) is 11.9 Å². The van der Waals surface area contributed by atoms with Crippen LogP contribution >= 0.6 is 23.5 Å². The fourth-order valence-corrected chi connectivity index (χ4v) is 7.22. The number of carbonyl (C=O) groups is 3. The first-order valence-electron chi connectivity index (χ1n) is 16.0. The summed E-state index contributed by atoms with van der Waals surface area (Å²) in [5, 5.41) is 15.7. The van der Waals surface area contributed by atoms with E-state index in [-0.39, 0.29) is 11.9 Å². The minimum atomic E-state index is -0.802. The topological polar surface area (TPSA) is 149 Å². The minimum absolute atomic E-state index is 0.178. The van der Waals surface area contributed by atoms with Gasteiger partial charge in [0.1, 0.15) is 16.1 Å². The number of anilines is 1. The Morgan fingerprint density at radius 2 is 1.55 bits per heavy atom. The molecular weight excluding hydrogens is 687 g/mol. The van der Waals surface area contributed by atoms with E-state index in [1.54, 1.807) is 70.7 Å². The fraction of sp³-hybridized carbons (Fsp3) is 0.297. The number of rotatable bonds is 4. The summed E-state index contributed by atoms with van der Waals surface area (Å²) in [6, 6.07) is 22.5. The van der Waals surface area contributed by atoms with Gasteiger partial charge in [-0.05, 0) is 102 Å². The number of carbonyl (C=O) groups excluding carboxylic acids is 3. The Kier molecular flexibility index (Phi) is 10.8. The van der Waals surface area contributed by atoms with Crippen molar-refractivity contribution in [3.8, 4) is 6.07 Å². The van der Waals surface area contributed by atoms with Crippen LogP contribution in [0.1, 0.15) is 58.2 Å². The van der Waals surface area contributed by atoms with Gasteiger partial charge in [0.2, 0.25) is 5.96 Å². The molecule has 0 atom stereocenters. The number of guanidine groups is 1. The molecule has 0 saturated carbocycles. The third-order valence-corrected chi connectivity index (χ3v) is 9.51. The molecule has 0 spiro atoms. The summed E-state index contributed by atoms with van der Waals surface area (Å²) < 4.78 is 10.7. The maximum Gasteiger partial charge on any atom is 0.414 e. The van der Waals surface area contributed by atoms with Crippen LogP contribution in [0.4, 0.5) is 26.7 Å². The molecule has 2 N–H and O–H groups in total. The molecule has 51 heavy (non-hydrogen) atoms. The van der Waals surface area contributed by atoms with Gasteiger partial charge in [0, 0.05) is 11.9 Å². The average molecular weight is 726 g/mol. The number of hydrogen-bond donors (Lipinski definition) is 2. The summed E-state index contributed by atoms with van der Waals surface area (Å²) in [4.78, 5) is 53.7. The number of benzene rings is 3. The highest BCUT2D eigenvalue weighted by atomic mass is 32.2. The zero-order valence-electron chi connectivity index (χ0n) is 29.7. The molecule has 14 heteroatoms. The Labute approximate surface area is 306 Å². The lowest BCUT2D eigenvalue weighted by Gasteiger charge is -2.22. The fourth-order valence-electron chi connectivity index (χ4n) is 4.85. The molecule has 264 valence electrons. The number of alkyl carbamates (subject to hydrolysis) is 2. The molecule has 3 aromatic rings. The Morgan fingerprint density at radius 1 is 0.902 bits per heavy atom. The number of amides is 3. The molecule has 1 fully saturated rings. The largest absolute Gasteiger partial charge is 0.444 e. The number of hydrogen-bond acceptors (Lipinski definition) is 11. The molecule has 3 amide bonds. The first-order valence-corrected chi connectivity index (χ1v) is 17.6. The molecule has 0 radical (unpaired) electrons. The Morgan fingerprint density at radius 3 is 2.16 bits per heavy atom. The first-order chi connectivity index (χ1) is 24.0. The van der Waals surface area contributed by atoms with Gasteiger partial charge >= 0.3 is 12.2 Å². The van der Waals surface area contributed by atoms with Crippen molar-refractivity contribution in [3.05, 3.63) is 93.4 Å². The van der Waals surface area contributed by atoms with E-state index in [4.69, 9.17) is 14.5 Å². The van der Waals surface area contributed by atoms with Crippen LogP contribution in [-0.2, 0) is 20.8 Å². The van der Waals surface area contributed by atoms with E-state index in [1.807, 2.05) is 61.3 Å². The summed E-state index contributed by atoms with van der Waals surface area (Å²) >= 11 is 2.68. The molecule has 2 aliphatic heterocycles. The van der Waals surface area contributed by atoms with Crippen molar-refractivity contribution in [3.63, 3.8) is 0 Å². The Balaban J connectivity index is 1.48. The lowest BCUT2D eigenvalue weighted by atomic mass is 10.1. The van der Waals surface area contributed by atoms with Crippen molar-refractivity contribution in [1.82, 2.24) is 15.5 Å². The van der Waals surface area contributed by atoms with Gasteiger partial charge in [0.15, 0.2) is 5.17 Å². The number of amidine groups is 1. The van der Waals surface area contributed by atoms with Crippen LogP contribution in [0.5, 0.6) is 0 Å². The highest BCUT2D eigenvalue weighted by molar-refractivity contribution is 8.19. The molecule has 0 unspecified atom stereocenters. The summed E-state index contributed by atoms with van der Waals surface area (Å²) in [7, 11) is 1.88. The molecule has 3 aromatic carbocycles. The van der Waals surface area contributed by atoms with Gasteiger partial charge in [-0.1, -0.05) is 48.2 Å². The van der Waals surface area contributed by atoms with E-state index in [0.29, 0.717) is 38.6 Å². The quantitative estimate of drug-likeness (QED) is 0.155. The second-order valence-corrected chi connectivity index (χ2v) is 15.7. The van der Waals surface area contributed by atoms with Gasteiger partial charge < -0.3 is 14.4 Å². The predicted molar refractivity (Wildman–Crippen MR) is 201 cm³/mol. The summed E-state index contributed by atoms with van der Waals surface area (Å²) in [6.07, 6.45) is -1.60. The van der Waals surface area contributed by atoms with E-state index in [9.17, 15) is 19.6 Å². The minimum Gasteiger partial charge on any atom is -0.444 e. The van der Waals surface area contributed by atoms with E-state index in [2.05, 4.69) is 21.7 Å². The number of ether oxygens (including phenoxy) is 2. The highest BCUT2D eigenvalue weighted by Gasteiger charge is 2.39. The normalized spacial score (nSPS) is 16.5. The van der Waals surface area contributed by atoms with Crippen molar-refractivity contribution in [2.45, 2.75) is 71.1 Å². The van der Waals surface area contributed by atoms with Gasteiger partial charge in [-0.25, -0.2) is 19.6 Å². The van der Waals surface area contributed by atoms with E-state index >= 15 is 0 Å². The number of aliphatic imine (C=N–C) groups is 2. The number of fused-ring (bicyclic) bond motifs is 1. The van der Waals surface area contributed by atoms with Crippen LogP contribution in [0.25, 0.3) is 0 Å². The Bertz CT molecular complexity index is 1980. The first kappa shape index (κ1) is 37.0. The SMILES string of the molecule is Cc1ccc(C#N)cc1N=C1SC(=C2Sc3cc(N=C(NC(=O)OC(C)(C)C)NC(=O)OC(C)(C)C)ccc3N2C)C(=O)N1Cc1ccccc1. The second-order valence-electron chi connectivity index (χ2n) is 13.6. The highest BCUT2D eigenvalue weighted by Crippen LogP contribution is 2.51. The molecule has 5 rings (SSSR count). The molecule has 0 aromatic heterocycles. The molecule has 0 aliphatic carbocycles. The predicted octanol–water partition coefficient (Wildman–Crippen LogP) is 8.08. The molecule has 2 aliphatic rings. The maximum atomic E-state index is 14.2. The smallest absolute Gasteiger partial charge is 0.414 e. The summed E-state index contributed by atoms with van der Waals surface area (Å²) in [5.74, 6) is -0.370.